The number of fused-ring (bicyclic) bond motifs is 1. The summed E-state index contributed by atoms with van der Waals surface area (Å²) in [6.07, 6.45) is -1.61. The Hall–Kier alpha value is -1.72. The largest absolute Gasteiger partial charge is 0.416 e. The number of anilines is 1. The summed E-state index contributed by atoms with van der Waals surface area (Å²) >= 11 is 0. The third-order valence-electron chi connectivity index (χ3n) is 1.81. The number of hydrogen-bond donors (Lipinski definition) is 1. The van der Waals surface area contributed by atoms with E-state index in [-0.39, 0.29) is 11.5 Å². The minimum Gasteiger partial charge on any atom is -0.382 e. The molecular weight excluding hydrogens is 195 g/mol. The van der Waals surface area contributed by atoms with Gasteiger partial charge in [0.2, 0.25) is 0 Å². The highest BCUT2D eigenvalue weighted by Gasteiger charge is 2.30. The van der Waals surface area contributed by atoms with Crippen LogP contribution in [0.2, 0.25) is 0 Å². The van der Waals surface area contributed by atoms with E-state index >= 15 is 0 Å². The molecule has 0 spiro atoms. The lowest BCUT2D eigenvalue weighted by Crippen LogP contribution is -2.05. The second-order valence-electron chi connectivity index (χ2n) is 2.84. The van der Waals surface area contributed by atoms with Crippen LogP contribution in [-0.4, -0.2) is 9.38 Å². The van der Waals surface area contributed by atoms with E-state index in [1.807, 2.05) is 0 Å². The molecule has 0 aliphatic rings. The van der Waals surface area contributed by atoms with Crippen molar-refractivity contribution in [2.75, 3.05) is 5.73 Å². The summed E-state index contributed by atoms with van der Waals surface area (Å²) in [4.78, 5) is 3.73. The summed E-state index contributed by atoms with van der Waals surface area (Å²) < 4.78 is 38.2. The van der Waals surface area contributed by atoms with E-state index in [1.165, 1.54) is 16.8 Å². The van der Waals surface area contributed by atoms with Gasteiger partial charge in [0, 0.05) is 6.20 Å². The Morgan fingerprint density at radius 1 is 1.36 bits per heavy atom. The molecule has 0 radical (unpaired) electrons. The first kappa shape index (κ1) is 8.86. The Kier molecular flexibility index (Phi) is 1.67. The number of pyridine rings is 1. The molecule has 0 aliphatic carbocycles. The molecule has 0 aromatic carbocycles. The van der Waals surface area contributed by atoms with Crippen LogP contribution in [-0.2, 0) is 6.18 Å². The van der Waals surface area contributed by atoms with Gasteiger partial charge in [-0.05, 0) is 12.1 Å². The number of aromatic nitrogens is 2. The van der Waals surface area contributed by atoms with E-state index < -0.39 is 11.7 Å². The number of hydrogen-bond acceptors (Lipinski definition) is 2. The van der Waals surface area contributed by atoms with Crippen molar-refractivity contribution in [3.8, 4) is 0 Å². The van der Waals surface area contributed by atoms with Crippen LogP contribution in [0.1, 0.15) is 5.56 Å². The number of alkyl halides is 3. The Balaban J connectivity index is 2.62. The number of nitrogens with zero attached hydrogens (tertiary/aromatic N) is 2. The van der Waals surface area contributed by atoms with Crippen molar-refractivity contribution in [1.29, 1.82) is 0 Å². The SMILES string of the molecule is Nc1cn2ccc(C(F)(F)F)cc2n1. The fourth-order valence-electron chi connectivity index (χ4n) is 1.18. The third kappa shape index (κ3) is 1.39. The minimum absolute atomic E-state index is 0.192. The molecule has 14 heavy (non-hydrogen) atoms. The van der Waals surface area contributed by atoms with Crippen molar-refractivity contribution in [3.63, 3.8) is 0 Å². The second-order valence-corrected chi connectivity index (χ2v) is 2.84. The molecule has 0 amide bonds. The van der Waals surface area contributed by atoms with E-state index in [4.69, 9.17) is 5.73 Å². The van der Waals surface area contributed by atoms with Crippen molar-refractivity contribution in [2.24, 2.45) is 0 Å². The molecule has 0 atom stereocenters. The van der Waals surface area contributed by atoms with Crippen molar-refractivity contribution in [2.45, 2.75) is 6.18 Å². The molecule has 0 saturated heterocycles. The fraction of sp³-hybridized carbons (Fsp3) is 0.125. The molecule has 2 heterocycles. The van der Waals surface area contributed by atoms with Gasteiger partial charge in [-0.25, -0.2) is 4.98 Å². The quantitative estimate of drug-likeness (QED) is 0.707. The molecule has 2 aromatic heterocycles. The normalized spacial score (nSPS) is 12.2. The van der Waals surface area contributed by atoms with Crippen LogP contribution >= 0.6 is 0 Å². The summed E-state index contributed by atoms with van der Waals surface area (Å²) in [7, 11) is 0. The monoisotopic (exact) mass is 201 g/mol. The number of nitrogen functional groups attached to an aromatic ring is 1. The van der Waals surface area contributed by atoms with E-state index in [2.05, 4.69) is 4.98 Å². The van der Waals surface area contributed by atoms with E-state index in [0.29, 0.717) is 0 Å². The van der Waals surface area contributed by atoms with E-state index in [0.717, 1.165) is 12.1 Å². The maximum absolute atomic E-state index is 12.3. The summed E-state index contributed by atoms with van der Waals surface area (Å²) in [6.45, 7) is 0. The highest BCUT2D eigenvalue weighted by molar-refractivity contribution is 5.48. The molecule has 2 aromatic rings. The van der Waals surface area contributed by atoms with Crippen LogP contribution in [0.5, 0.6) is 0 Å². The van der Waals surface area contributed by atoms with Crippen LogP contribution in [0.25, 0.3) is 5.65 Å². The summed E-state index contributed by atoms with van der Waals surface area (Å²) in [5.41, 5.74) is 4.80. The maximum atomic E-state index is 12.3. The second kappa shape index (κ2) is 2.63. The number of halogens is 3. The van der Waals surface area contributed by atoms with Crippen molar-refractivity contribution in [3.05, 3.63) is 30.1 Å². The van der Waals surface area contributed by atoms with Crippen LogP contribution in [0, 0.1) is 0 Å². The molecule has 2 N–H and O–H groups in total. The zero-order chi connectivity index (χ0) is 10.3. The molecule has 0 saturated carbocycles. The van der Waals surface area contributed by atoms with Gasteiger partial charge >= 0.3 is 6.18 Å². The third-order valence-corrected chi connectivity index (χ3v) is 1.81. The molecule has 0 fully saturated rings. The van der Waals surface area contributed by atoms with E-state index in [9.17, 15) is 13.2 Å². The minimum atomic E-state index is -4.34. The topological polar surface area (TPSA) is 43.3 Å². The Morgan fingerprint density at radius 3 is 2.71 bits per heavy atom. The van der Waals surface area contributed by atoms with Crippen molar-refractivity contribution < 1.29 is 13.2 Å². The van der Waals surface area contributed by atoms with Gasteiger partial charge < -0.3 is 10.1 Å². The highest BCUT2D eigenvalue weighted by Crippen LogP contribution is 2.29. The van der Waals surface area contributed by atoms with E-state index in [1.54, 1.807) is 0 Å². The predicted octanol–water partition coefficient (Wildman–Crippen LogP) is 1.94. The molecule has 74 valence electrons. The van der Waals surface area contributed by atoms with Gasteiger partial charge in [-0.15, -0.1) is 0 Å². The molecular formula is C8H6F3N3. The molecule has 6 heteroatoms. The lowest BCUT2D eigenvalue weighted by molar-refractivity contribution is -0.137. The molecule has 3 nitrogen and oxygen atoms in total. The van der Waals surface area contributed by atoms with Gasteiger partial charge in [-0.3, -0.25) is 0 Å². The van der Waals surface area contributed by atoms with Crippen molar-refractivity contribution in [1.82, 2.24) is 9.38 Å². The van der Waals surface area contributed by atoms with Gasteiger partial charge in [0.05, 0.1) is 11.8 Å². The van der Waals surface area contributed by atoms with Crippen LogP contribution in [0.4, 0.5) is 19.0 Å². The maximum Gasteiger partial charge on any atom is 0.416 e. The highest BCUT2D eigenvalue weighted by atomic mass is 19.4. The lowest BCUT2D eigenvalue weighted by atomic mass is 10.2. The fourth-order valence-corrected chi connectivity index (χ4v) is 1.18. The first-order chi connectivity index (χ1) is 6.47. The zero-order valence-electron chi connectivity index (χ0n) is 6.92. The standard InChI is InChI=1S/C8H6F3N3/c9-8(10,11)5-1-2-14-4-6(12)13-7(14)3-5/h1-4H,12H2. The van der Waals surface area contributed by atoms with Crippen LogP contribution in [0.15, 0.2) is 24.5 Å². The Bertz CT molecular complexity index is 472. The van der Waals surface area contributed by atoms with Gasteiger partial charge in [-0.2, -0.15) is 13.2 Å². The van der Waals surface area contributed by atoms with Gasteiger partial charge in [0.25, 0.3) is 0 Å². The van der Waals surface area contributed by atoms with Crippen molar-refractivity contribution >= 4 is 11.5 Å². The van der Waals surface area contributed by atoms with Gasteiger partial charge in [0.15, 0.2) is 0 Å². The average molecular weight is 201 g/mol. The molecule has 0 bridgehead atoms. The number of imidazole rings is 1. The lowest BCUT2D eigenvalue weighted by Gasteiger charge is -2.05. The van der Waals surface area contributed by atoms with Crippen LogP contribution in [0.3, 0.4) is 0 Å². The first-order valence-electron chi connectivity index (χ1n) is 3.78. The van der Waals surface area contributed by atoms with Crippen LogP contribution < -0.4 is 5.73 Å². The number of rotatable bonds is 0. The average Bonchev–Trinajstić information content (AvgIpc) is 2.41. The Labute approximate surface area is 77.0 Å². The Morgan fingerprint density at radius 2 is 2.07 bits per heavy atom. The predicted molar refractivity (Wildman–Crippen MR) is 44.6 cm³/mol. The van der Waals surface area contributed by atoms with Gasteiger partial charge in [0.1, 0.15) is 11.5 Å². The molecule has 0 unspecified atom stereocenters. The molecule has 2 rings (SSSR count). The molecule has 0 aliphatic heterocycles. The van der Waals surface area contributed by atoms with Gasteiger partial charge in [-0.1, -0.05) is 0 Å². The zero-order valence-corrected chi connectivity index (χ0v) is 6.92. The number of nitrogens with two attached hydrogens (primary N) is 1. The summed E-state index contributed by atoms with van der Waals surface area (Å²) in [6, 6.07) is 1.93. The smallest absolute Gasteiger partial charge is 0.382 e. The summed E-state index contributed by atoms with van der Waals surface area (Å²) in [5.74, 6) is 0.198. The first-order valence-corrected chi connectivity index (χ1v) is 3.78. The summed E-state index contributed by atoms with van der Waals surface area (Å²) in [5, 5.41) is 0.